The van der Waals surface area contributed by atoms with E-state index in [-0.39, 0.29) is 18.6 Å². The van der Waals surface area contributed by atoms with Gasteiger partial charge in [-0.3, -0.25) is 14.7 Å². The lowest BCUT2D eigenvalue weighted by atomic mass is 9.90. The van der Waals surface area contributed by atoms with E-state index in [1.165, 1.54) is 0 Å². The van der Waals surface area contributed by atoms with Crippen LogP contribution in [-0.4, -0.2) is 51.1 Å². The van der Waals surface area contributed by atoms with E-state index in [0.717, 1.165) is 49.7 Å². The topological polar surface area (TPSA) is 53.1 Å². The van der Waals surface area contributed by atoms with Crippen molar-refractivity contribution in [1.82, 2.24) is 14.9 Å². The molecule has 188 valence electrons. The zero-order chi connectivity index (χ0) is 24.8. The largest absolute Gasteiger partial charge is 0.445 e. The molecule has 2 amide bonds. The number of nitrogens with zero attached hydrogens (tertiary/aromatic N) is 3. The first-order chi connectivity index (χ1) is 17.0. The van der Waals surface area contributed by atoms with Crippen LogP contribution in [0.4, 0.5) is 4.79 Å². The smallest absolute Gasteiger partial charge is 0.411 e. The number of unbranched alkanes of at least 4 members (excludes halogenated alkanes) is 2. The van der Waals surface area contributed by atoms with Gasteiger partial charge in [0.1, 0.15) is 12.6 Å². The molecule has 0 unspecified atom stereocenters. The Morgan fingerprint density at radius 3 is 2.14 bits per heavy atom. The Morgan fingerprint density at radius 1 is 0.943 bits per heavy atom. The van der Waals surface area contributed by atoms with Crippen LogP contribution in [0.3, 0.4) is 0 Å². The first kappa shape index (κ1) is 25.2. The van der Waals surface area contributed by atoms with Crippen molar-refractivity contribution in [2.45, 2.75) is 96.6 Å². The molecule has 4 rings (SSSR count). The molecule has 0 spiro atoms. The summed E-state index contributed by atoms with van der Waals surface area (Å²) in [6, 6.07) is 19.7. The molecule has 0 aliphatic carbocycles. The highest BCUT2D eigenvalue weighted by Gasteiger charge is 2.56. The van der Waals surface area contributed by atoms with Gasteiger partial charge in [-0.2, -0.15) is 0 Å². The summed E-state index contributed by atoms with van der Waals surface area (Å²) < 4.78 is 5.75. The van der Waals surface area contributed by atoms with Crippen LogP contribution in [-0.2, 0) is 22.7 Å². The number of β-lactam (4-membered cyclic amide) rings is 1. The minimum Gasteiger partial charge on any atom is -0.445 e. The van der Waals surface area contributed by atoms with Crippen LogP contribution >= 0.6 is 0 Å². The number of carbonyl (C=O) groups excluding carboxylic acids is 2. The van der Waals surface area contributed by atoms with Gasteiger partial charge in [-0.15, -0.1) is 0 Å². The molecule has 2 aliphatic rings. The second-order valence-corrected chi connectivity index (χ2v) is 10.00. The number of carbonyl (C=O) groups is 2. The number of hydrogen-bond acceptors (Lipinski definition) is 4. The zero-order valence-corrected chi connectivity index (χ0v) is 21.3. The van der Waals surface area contributed by atoms with Crippen LogP contribution in [0.1, 0.15) is 70.4 Å². The Bertz CT molecular complexity index is 958. The monoisotopic (exact) mass is 477 g/mol. The predicted molar refractivity (Wildman–Crippen MR) is 137 cm³/mol. The van der Waals surface area contributed by atoms with E-state index < -0.39 is 12.1 Å². The van der Waals surface area contributed by atoms with Gasteiger partial charge in [0.15, 0.2) is 0 Å². The summed E-state index contributed by atoms with van der Waals surface area (Å²) in [5.74, 6) is 0.0136. The van der Waals surface area contributed by atoms with Crippen LogP contribution in [0.15, 0.2) is 60.7 Å². The van der Waals surface area contributed by atoms with Gasteiger partial charge in [-0.25, -0.2) is 9.80 Å². The van der Waals surface area contributed by atoms with Gasteiger partial charge in [0.2, 0.25) is 0 Å². The number of benzene rings is 2. The third-order valence-electron chi connectivity index (χ3n) is 7.39. The van der Waals surface area contributed by atoms with Crippen LogP contribution in [0, 0.1) is 0 Å². The first-order valence-corrected chi connectivity index (χ1v) is 13.1. The lowest BCUT2D eigenvalue weighted by molar-refractivity contribution is -0.201. The van der Waals surface area contributed by atoms with Gasteiger partial charge in [0.05, 0.1) is 6.04 Å². The van der Waals surface area contributed by atoms with Gasteiger partial charge in [-0.1, -0.05) is 86.8 Å². The Morgan fingerprint density at radius 2 is 1.54 bits per heavy atom. The molecule has 0 N–H and O–H groups in total. The highest BCUT2D eigenvalue weighted by atomic mass is 16.6. The normalized spacial score (nSPS) is 24.3. The van der Waals surface area contributed by atoms with Gasteiger partial charge >= 0.3 is 6.09 Å². The van der Waals surface area contributed by atoms with Gasteiger partial charge in [-0.05, 0) is 44.2 Å². The fraction of sp³-hybridized carbons (Fsp3) is 0.517. The van der Waals surface area contributed by atoms with Crippen molar-refractivity contribution in [3.05, 3.63) is 71.8 Å². The highest BCUT2D eigenvalue weighted by Crippen LogP contribution is 2.37. The van der Waals surface area contributed by atoms with Crippen molar-refractivity contribution in [1.29, 1.82) is 0 Å². The summed E-state index contributed by atoms with van der Waals surface area (Å²) in [6.07, 6.45) is 5.91. The average Bonchev–Trinajstić information content (AvgIpc) is 3.20. The van der Waals surface area contributed by atoms with Crippen molar-refractivity contribution in [2.75, 3.05) is 0 Å². The number of rotatable bonds is 10. The lowest BCUT2D eigenvalue weighted by Gasteiger charge is -2.56. The Hall–Kier alpha value is -2.86. The molecule has 35 heavy (non-hydrogen) atoms. The molecule has 0 saturated carbocycles. The highest BCUT2D eigenvalue weighted by molar-refractivity contribution is 5.92. The SMILES string of the molecule is CCCCC[C@@H]1[C@@H](N(Cc2ccccc2)C(=O)OCc2ccccc2)C(=O)N1N1[C@H](C)CC[C@H]1C. The zero-order valence-electron chi connectivity index (χ0n) is 21.3. The summed E-state index contributed by atoms with van der Waals surface area (Å²) in [7, 11) is 0. The van der Waals surface area contributed by atoms with Crippen LogP contribution in [0.5, 0.6) is 0 Å². The molecule has 6 heteroatoms. The maximum Gasteiger partial charge on any atom is 0.411 e. The molecule has 4 atom stereocenters. The first-order valence-electron chi connectivity index (χ1n) is 13.1. The molecule has 0 bridgehead atoms. The summed E-state index contributed by atoms with van der Waals surface area (Å²) in [4.78, 5) is 28.8. The number of amides is 2. The van der Waals surface area contributed by atoms with E-state index in [4.69, 9.17) is 4.74 Å². The van der Waals surface area contributed by atoms with Crippen molar-refractivity contribution < 1.29 is 14.3 Å². The van der Waals surface area contributed by atoms with E-state index in [1.807, 2.05) is 65.7 Å². The van der Waals surface area contributed by atoms with E-state index in [2.05, 4.69) is 25.8 Å². The second kappa shape index (κ2) is 11.7. The molecule has 2 aromatic carbocycles. The van der Waals surface area contributed by atoms with E-state index in [1.54, 1.807) is 4.90 Å². The van der Waals surface area contributed by atoms with Crippen molar-refractivity contribution in [3.63, 3.8) is 0 Å². The number of ether oxygens (including phenoxy) is 1. The molecule has 2 heterocycles. The predicted octanol–water partition coefficient (Wildman–Crippen LogP) is 5.77. The van der Waals surface area contributed by atoms with Crippen LogP contribution in [0.25, 0.3) is 0 Å². The number of hydrogen-bond donors (Lipinski definition) is 0. The van der Waals surface area contributed by atoms with Crippen molar-refractivity contribution in [3.8, 4) is 0 Å². The summed E-state index contributed by atoms with van der Waals surface area (Å²) in [5, 5.41) is 4.25. The quantitative estimate of drug-likeness (QED) is 0.322. The molecular formula is C29H39N3O3. The Balaban J connectivity index is 1.57. The van der Waals surface area contributed by atoms with E-state index in [0.29, 0.717) is 18.6 Å². The molecule has 2 saturated heterocycles. The van der Waals surface area contributed by atoms with Gasteiger partial charge in [0.25, 0.3) is 5.91 Å². The van der Waals surface area contributed by atoms with Crippen molar-refractivity contribution in [2.24, 2.45) is 0 Å². The lowest BCUT2D eigenvalue weighted by Crippen LogP contribution is -2.76. The van der Waals surface area contributed by atoms with Gasteiger partial charge < -0.3 is 4.74 Å². The molecular weight excluding hydrogens is 438 g/mol. The minimum absolute atomic E-state index is 0.0136. The van der Waals surface area contributed by atoms with Crippen LogP contribution in [0.2, 0.25) is 0 Å². The van der Waals surface area contributed by atoms with E-state index >= 15 is 0 Å². The molecule has 0 radical (unpaired) electrons. The molecule has 6 nitrogen and oxygen atoms in total. The summed E-state index contributed by atoms with van der Waals surface area (Å²) in [5.41, 5.74) is 1.92. The third-order valence-corrected chi connectivity index (χ3v) is 7.39. The second-order valence-electron chi connectivity index (χ2n) is 10.00. The fourth-order valence-electron chi connectivity index (χ4n) is 5.49. The third kappa shape index (κ3) is 5.69. The summed E-state index contributed by atoms with van der Waals surface area (Å²) in [6.45, 7) is 7.13. The Kier molecular flexibility index (Phi) is 8.45. The maximum atomic E-state index is 13.7. The minimum atomic E-state index is -0.504. The fourth-order valence-corrected chi connectivity index (χ4v) is 5.49. The molecule has 2 aromatic rings. The van der Waals surface area contributed by atoms with Crippen molar-refractivity contribution >= 4 is 12.0 Å². The average molecular weight is 478 g/mol. The number of hydrazine groups is 1. The maximum absolute atomic E-state index is 13.7. The molecule has 0 aromatic heterocycles. The van der Waals surface area contributed by atoms with E-state index in [9.17, 15) is 9.59 Å². The van der Waals surface area contributed by atoms with Gasteiger partial charge in [0, 0.05) is 18.6 Å². The standard InChI is InChI=1S/C29H39N3O3/c1-4-5-8-17-26-27(28(33)32(26)31-22(2)18-19-23(31)3)30(20-24-13-9-6-10-14-24)29(34)35-21-25-15-11-7-12-16-25/h6-7,9-16,22-23,26-27H,4-5,8,17-21H2,1-3H3/t22-,23-,26-,27-/m1/s1. The van der Waals surface area contributed by atoms with Crippen LogP contribution < -0.4 is 0 Å². The summed E-state index contributed by atoms with van der Waals surface area (Å²) >= 11 is 0. The Labute approximate surface area is 209 Å². The molecule has 2 fully saturated rings. The molecule has 2 aliphatic heterocycles.